The second kappa shape index (κ2) is 9.62. The van der Waals surface area contributed by atoms with E-state index in [2.05, 4.69) is 0 Å². The first-order chi connectivity index (χ1) is 14.0. The molecular formula is C20H23NO7S. The lowest BCUT2D eigenvalue weighted by Crippen LogP contribution is -2.30. The molecule has 156 valence electrons. The molecule has 0 aliphatic carbocycles. The Balaban J connectivity index is 1.44. The summed E-state index contributed by atoms with van der Waals surface area (Å²) < 4.78 is 45.3. The molecule has 1 saturated heterocycles. The third-order valence-electron chi connectivity index (χ3n) is 4.26. The minimum absolute atomic E-state index is 0.217. The molecule has 0 radical (unpaired) electrons. The maximum atomic E-state index is 12.1. The van der Waals surface area contributed by atoms with Crippen LogP contribution in [0.15, 0.2) is 54.6 Å². The number of benzene rings is 2. The van der Waals surface area contributed by atoms with Gasteiger partial charge in [0.25, 0.3) is 10.1 Å². The summed E-state index contributed by atoms with van der Waals surface area (Å²) in [6.45, 7) is 0.555. The van der Waals surface area contributed by atoms with Gasteiger partial charge in [-0.2, -0.15) is 8.42 Å². The van der Waals surface area contributed by atoms with Crippen LogP contribution < -0.4 is 9.47 Å². The van der Waals surface area contributed by atoms with Crippen molar-refractivity contribution in [3.63, 3.8) is 0 Å². The van der Waals surface area contributed by atoms with Crippen molar-refractivity contribution in [1.82, 2.24) is 4.90 Å². The largest absolute Gasteiger partial charge is 0.493 e. The fraction of sp³-hybridized carbons (Fsp3) is 0.350. The molecule has 2 aromatic rings. The first-order valence-corrected chi connectivity index (χ1v) is 10.7. The smallest absolute Gasteiger partial charge is 0.410 e. The van der Waals surface area contributed by atoms with Crippen molar-refractivity contribution < 1.29 is 31.6 Å². The summed E-state index contributed by atoms with van der Waals surface area (Å²) in [6, 6.07) is 16.0. The van der Waals surface area contributed by atoms with Gasteiger partial charge in [0.05, 0.1) is 20.2 Å². The van der Waals surface area contributed by atoms with E-state index < -0.39 is 22.3 Å². The molecule has 1 fully saturated rings. The van der Waals surface area contributed by atoms with Crippen LogP contribution in [0.2, 0.25) is 0 Å². The molecule has 1 aliphatic rings. The molecular weight excluding hydrogens is 398 g/mol. The van der Waals surface area contributed by atoms with Crippen molar-refractivity contribution >= 4 is 16.2 Å². The molecule has 0 N–H and O–H groups in total. The Bertz CT molecular complexity index is 917. The number of amides is 1. The van der Waals surface area contributed by atoms with Gasteiger partial charge >= 0.3 is 6.09 Å². The van der Waals surface area contributed by atoms with Crippen LogP contribution in [0.3, 0.4) is 0 Å². The number of ether oxygens (including phenoxy) is 3. The summed E-state index contributed by atoms with van der Waals surface area (Å²) in [5.74, 6) is 0.950. The molecule has 1 aliphatic heterocycles. The van der Waals surface area contributed by atoms with Gasteiger partial charge in [-0.3, -0.25) is 4.18 Å². The Hall–Kier alpha value is -2.78. The molecule has 1 amide bonds. The number of cyclic esters (lactones) is 1. The van der Waals surface area contributed by atoms with Gasteiger partial charge < -0.3 is 19.1 Å². The fourth-order valence-corrected chi connectivity index (χ4v) is 3.89. The summed E-state index contributed by atoms with van der Waals surface area (Å²) in [5.41, 5.74) is 0.631. The zero-order valence-electron chi connectivity index (χ0n) is 16.0. The van der Waals surface area contributed by atoms with Gasteiger partial charge in [-0.1, -0.05) is 42.5 Å². The van der Waals surface area contributed by atoms with E-state index in [-0.39, 0.29) is 25.5 Å². The molecule has 3 rings (SSSR count). The predicted molar refractivity (Wildman–Crippen MR) is 105 cm³/mol. The van der Waals surface area contributed by atoms with E-state index in [0.717, 1.165) is 0 Å². The lowest BCUT2D eigenvalue weighted by molar-refractivity contribution is 0.104. The molecule has 9 heteroatoms. The maximum absolute atomic E-state index is 12.1. The van der Waals surface area contributed by atoms with Crippen molar-refractivity contribution in [2.24, 2.45) is 0 Å². The van der Waals surface area contributed by atoms with Crippen LogP contribution in [0.25, 0.3) is 0 Å². The lowest BCUT2D eigenvalue weighted by Gasteiger charge is -2.15. The van der Waals surface area contributed by atoms with Crippen LogP contribution in [-0.4, -0.2) is 58.9 Å². The van der Waals surface area contributed by atoms with Crippen molar-refractivity contribution in [2.75, 3.05) is 33.4 Å². The van der Waals surface area contributed by atoms with Gasteiger partial charge in [-0.15, -0.1) is 0 Å². The van der Waals surface area contributed by atoms with Crippen LogP contribution in [0.1, 0.15) is 5.56 Å². The minimum Gasteiger partial charge on any atom is -0.493 e. The van der Waals surface area contributed by atoms with E-state index in [4.69, 9.17) is 18.4 Å². The van der Waals surface area contributed by atoms with Crippen LogP contribution in [0.4, 0.5) is 4.79 Å². The number of carbonyl (C=O) groups is 1. The molecule has 0 aromatic heterocycles. The normalized spacial score (nSPS) is 16.5. The Kier molecular flexibility index (Phi) is 6.95. The van der Waals surface area contributed by atoms with Gasteiger partial charge in [0.1, 0.15) is 25.1 Å². The first kappa shape index (κ1) is 20.9. The van der Waals surface area contributed by atoms with Crippen molar-refractivity contribution in [3.8, 4) is 11.5 Å². The van der Waals surface area contributed by atoms with E-state index in [1.54, 1.807) is 49.6 Å². The number of nitrogens with zero attached hydrogens (tertiary/aromatic N) is 1. The average Bonchev–Trinajstić information content (AvgIpc) is 3.07. The van der Waals surface area contributed by atoms with Crippen LogP contribution >= 0.6 is 0 Å². The standard InChI is InChI=1S/C20H23NO7S/c1-25-18-9-5-6-10-19(18)26-12-11-21-13-17(28-20(21)22)14-27-29(23,24)15-16-7-3-2-4-8-16/h2-10,17H,11-15H2,1H3. The summed E-state index contributed by atoms with van der Waals surface area (Å²) in [6.07, 6.45) is -1.18. The lowest BCUT2D eigenvalue weighted by atomic mass is 10.2. The number of methoxy groups -OCH3 is 1. The van der Waals surface area contributed by atoms with E-state index in [1.165, 1.54) is 4.90 Å². The Labute approximate surface area is 170 Å². The zero-order valence-corrected chi connectivity index (χ0v) is 16.8. The highest BCUT2D eigenvalue weighted by Crippen LogP contribution is 2.25. The van der Waals surface area contributed by atoms with Crippen molar-refractivity contribution in [2.45, 2.75) is 11.9 Å². The topological polar surface area (TPSA) is 91.4 Å². The molecule has 1 heterocycles. The second-order valence-corrected chi connectivity index (χ2v) is 8.06. The number of hydrogen-bond donors (Lipinski definition) is 0. The van der Waals surface area contributed by atoms with Gasteiger partial charge in [0.15, 0.2) is 11.5 Å². The van der Waals surface area contributed by atoms with Gasteiger partial charge in [-0.05, 0) is 17.7 Å². The summed E-state index contributed by atoms with van der Waals surface area (Å²) in [7, 11) is -2.21. The monoisotopic (exact) mass is 421 g/mol. The molecule has 8 nitrogen and oxygen atoms in total. The summed E-state index contributed by atoms with van der Waals surface area (Å²) in [4.78, 5) is 13.4. The molecule has 0 saturated carbocycles. The second-order valence-electron chi connectivity index (χ2n) is 6.42. The predicted octanol–water partition coefficient (Wildman–Crippen LogP) is 2.44. The van der Waals surface area contributed by atoms with Crippen molar-refractivity contribution in [3.05, 3.63) is 60.2 Å². The Morgan fingerprint density at radius 2 is 1.76 bits per heavy atom. The highest BCUT2D eigenvalue weighted by Gasteiger charge is 2.32. The number of rotatable bonds is 10. The average molecular weight is 421 g/mol. The first-order valence-electron chi connectivity index (χ1n) is 9.09. The van der Waals surface area contributed by atoms with Gasteiger partial charge in [0, 0.05) is 0 Å². The van der Waals surface area contributed by atoms with E-state index in [1.807, 2.05) is 12.1 Å². The minimum atomic E-state index is -3.77. The SMILES string of the molecule is COc1ccccc1OCCN1CC(COS(=O)(=O)Cc2ccccc2)OC1=O. The van der Waals surface area contributed by atoms with E-state index in [9.17, 15) is 13.2 Å². The third kappa shape index (κ3) is 6.10. The molecule has 2 aromatic carbocycles. The van der Waals surface area contributed by atoms with Crippen molar-refractivity contribution in [1.29, 1.82) is 0 Å². The van der Waals surface area contributed by atoms with Crippen LogP contribution in [-0.2, 0) is 24.8 Å². The molecule has 0 spiro atoms. The fourth-order valence-electron chi connectivity index (χ4n) is 2.85. The van der Waals surface area contributed by atoms with E-state index in [0.29, 0.717) is 23.6 Å². The number of hydrogen-bond acceptors (Lipinski definition) is 7. The number of carbonyl (C=O) groups excluding carboxylic acids is 1. The summed E-state index contributed by atoms with van der Waals surface area (Å²) >= 11 is 0. The van der Waals surface area contributed by atoms with E-state index >= 15 is 0 Å². The van der Waals surface area contributed by atoms with Gasteiger partial charge in [-0.25, -0.2) is 4.79 Å². The Morgan fingerprint density at radius 1 is 1.07 bits per heavy atom. The van der Waals surface area contributed by atoms with Crippen LogP contribution in [0.5, 0.6) is 11.5 Å². The summed E-state index contributed by atoms with van der Waals surface area (Å²) in [5, 5.41) is 0. The van der Waals surface area contributed by atoms with Crippen LogP contribution in [0, 0.1) is 0 Å². The number of para-hydroxylation sites is 2. The molecule has 1 atom stereocenters. The zero-order chi connectivity index (χ0) is 20.7. The quantitative estimate of drug-likeness (QED) is 0.544. The molecule has 1 unspecified atom stereocenters. The van der Waals surface area contributed by atoms with Gasteiger partial charge in [0.2, 0.25) is 0 Å². The molecule has 29 heavy (non-hydrogen) atoms. The molecule has 0 bridgehead atoms. The third-order valence-corrected chi connectivity index (χ3v) is 5.44. The Morgan fingerprint density at radius 3 is 2.48 bits per heavy atom. The maximum Gasteiger partial charge on any atom is 0.410 e. The highest BCUT2D eigenvalue weighted by molar-refractivity contribution is 7.85. The highest BCUT2D eigenvalue weighted by atomic mass is 32.2.